The summed E-state index contributed by atoms with van der Waals surface area (Å²) < 4.78 is 31.2. The minimum atomic E-state index is -2.60. The first kappa shape index (κ1) is 12.4. The Bertz CT molecular complexity index is 403. The maximum absolute atomic E-state index is 13.1. The highest BCUT2D eigenvalue weighted by Crippen LogP contribution is 2.43. The average molecular weight is 245 g/mol. The second kappa shape index (κ2) is 4.01. The molecule has 1 aromatic rings. The van der Waals surface area contributed by atoms with Crippen LogP contribution in [0.15, 0.2) is 4.52 Å². The molecule has 0 radical (unpaired) electrons. The van der Waals surface area contributed by atoms with Crippen LogP contribution in [0.2, 0.25) is 0 Å². The zero-order valence-corrected chi connectivity index (χ0v) is 10.0. The van der Waals surface area contributed by atoms with Gasteiger partial charge in [0.25, 0.3) is 0 Å². The Kier molecular flexibility index (Phi) is 2.93. The van der Waals surface area contributed by atoms with Crippen LogP contribution in [-0.2, 0) is 5.54 Å². The van der Waals surface area contributed by atoms with E-state index < -0.39 is 11.5 Å². The summed E-state index contributed by atoms with van der Waals surface area (Å²) >= 11 is 0. The number of nitrogens with two attached hydrogens (primary N) is 1. The summed E-state index contributed by atoms with van der Waals surface area (Å²) in [5.41, 5.74) is 5.31. The summed E-state index contributed by atoms with van der Waals surface area (Å²) in [4.78, 5) is 4.16. The molecular weight excluding hydrogens is 228 g/mol. The molecular formula is C11H17F2N3O. The molecule has 0 saturated heterocycles. The van der Waals surface area contributed by atoms with Gasteiger partial charge in [-0.05, 0) is 19.8 Å². The van der Waals surface area contributed by atoms with Crippen LogP contribution in [0.4, 0.5) is 8.78 Å². The van der Waals surface area contributed by atoms with Crippen molar-refractivity contribution in [2.24, 2.45) is 5.73 Å². The van der Waals surface area contributed by atoms with Crippen molar-refractivity contribution >= 4 is 0 Å². The number of hydrogen-bond donors (Lipinski definition) is 1. The zero-order valence-electron chi connectivity index (χ0n) is 10.0. The summed E-state index contributed by atoms with van der Waals surface area (Å²) in [6.45, 7) is 3.71. The molecule has 2 N–H and O–H groups in total. The lowest BCUT2D eigenvalue weighted by molar-refractivity contribution is 0.00690. The summed E-state index contributed by atoms with van der Waals surface area (Å²) in [6, 6.07) is 0. The molecule has 6 heteroatoms. The molecule has 2 rings (SSSR count). The Balaban J connectivity index is 2.15. The van der Waals surface area contributed by atoms with Gasteiger partial charge in [0.2, 0.25) is 11.8 Å². The maximum Gasteiger partial charge on any atom is 0.248 e. The highest BCUT2D eigenvalue weighted by molar-refractivity contribution is 5.05. The van der Waals surface area contributed by atoms with Crippen molar-refractivity contribution in [3.63, 3.8) is 0 Å². The predicted octanol–water partition coefficient (Wildman–Crippen LogP) is 2.56. The molecule has 4 nitrogen and oxygen atoms in total. The highest BCUT2D eigenvalue weighted by atomic mass is 19.3. The van der Waals surface area contributed by atoms with E-state index in [0.29, 0.717) is 24.6 Å². The van der Waals surface area contributed by atoms with E-state index in [4.69, 9.17) is 10.3 Å². The summed E-state index contributed by atoms with van der Waals surface area (Å²) in [5, 5.41) is 3.80. The second-order valence-corrected chi connectivity index (χ2v) is 5.02. The van der Waals surface area contributed by atoms with Crippen molar-refractivity contribution in [1.29, 1.82) is 0 Å². The van der Waals surface area contributed by atoms with Gasteiger partial charge in [-0.1, -0.05) is 12.1 Å². The molecule has 0 amide bonds. The molecule has 2 atom stereocenters. The van der Waals surface area contributed by atoms with Crippen molar-refractivity contribution in [1.82, 2.24) is 10.1 Å². The standard InChI is InChI=1S/C11H17F2N3O/c1-3-10(2,14)9-15-8(17-16-9)7-4-5-11(12,13)6-7/h7H,3-6,14H2,1-2H3. The van der Waals surface area contributed by atoms with E-state index in [2.05, 4.69) is 10.1 Å². The van der Waals surface area contributed by atoms with E-state index in [1.807, 2.05) is 6.92 Å². The van der Waals surface area contributed by atoms with Gasteiger partial charge >= 0.3 is 0 Å². The van der Waals surface area contributed by atoms with Crippen LogP contribution in [0.3, 0.4) is 0 Å². The molecule has 17 heavy (non-hydrogen) atoms. The van der Waals surface area contributed by atoms with Gasteiger partial charge in [0.15, 0.2) is 5.82 Å². The van der Waals surface area contributed by atoms with Crippen LogP contribution in [0.5, 0.6) is 0 Å². The maximum atomic E-state index is 13.1. The third kappa shape index (κ3) is 2.46. The molecule has 1 aliphatic carbocycles. The van der Waals surface area contributed by atoms with Crippen molar-refractivity contribution in [2.45, 2.75) is 56.9 Å². The van der Waals surface area contributed by atoms with Gasteiger partial charge in [0.1, 0.15) is 0 Å². The number of nitrogens with zero attached hydrogens (tertiary/aromatic N) is 2. The van der Waals surface area contributed by atoms with Crippen LogP contribution < -0.4 is 5.73 Å². The highest BCUT2D eigenvalue weighted by Gasteiger charge is 2.42. The fraction of sp³-hybridized carbons (Fsp3) is 0.818. The molecule has 0 spiro atoms. The van der Waals surface area contributed by atoms with E-state index in [1.165, 1.54) is 0 Å². The number of halogens is 2. The van der Waals surface area contributed by atoms with Gasteiger partial charge in [-0.2, -0.15) is 4.98 Å². The van der Waals surface area contributed by atoms with Gasteiger partial charge in [0.05, 0.1) is 5.54 Å². The molecule has 0 aliphatic heterocycles. The minimum Gasteiger partial charge on any atom is -0.339 e. The SMILES string of the molecule is CCC(C)(N)c1noc(C2CCC(F)(F)C2)n1. The predicted molar refractivity (Wildman–Crippen MR) is 57.7 cm³/mol. The molecule has 96 valence electrons. The van der Waals surface area contributed by atoms with Gasteiger partial charge in [-0.25, -0.2) is 8.78 Å². The smallest absolute Gasteiger partial charge is 0.248 e. The molecule has 1 saturated carbocycles. The van der Waals surface area contributed by atoms with E-state index >= 15 is 0 Å². The lowest BCUT2D eigenvalue weighted by Crippen LogP contribution is -2.33. The van der Waals surface area contributed by atoms with E-state index in [0.717, 1.165) is 0 Å². The van der Waals surface area contributed by atoms with Crippen LogP contribution in [0.1, 0.15) is 57.2 Å². The number of alkyl halides is 2. The largest absolute Gasteiger partial charge is 0.339 e. The first-order valence-electron chi connectivity index (χ1n) is 5.85. The number of aromatic nitrogens is 2. The van der Waals surface area contributed by atoms with E-state index in [9.17, 15) is 8.78 Å². The summed E-state index contributed by atoms with van der Waals surface area (Å²) in [5.74, 6) is -2.25. The topological polar surface area (TPSA) is 64.9 Å². The van der Waals surface area contributed by atoms with Gasteiger partial charge in [0, 0.05) is 18.8 Å². The summed E-state index contributed by atoms with van der Waals surface area (Å²) in [6.07, 6.45) is 0.736. The van der Waals surface area contributed by atoms with Gasteiger partial charge in [-0.15, -0.1) is 0 Å². The quantitative estimate of drug-likeness (QED) is 0.888. The van der Waals surface area contributed by atoms with Crippen molar-refractivity contribution in [2.75, 3.05) is 0 Å². The molecule has 1 fully saturated rings. The van der Waals surface area contributed by atoms with Crippen LogP contribution in [0.25, 0.3) is 0 Å². The van der Waals surface area contributed by atoms with Gasteiger partial charge < -0.3 is 10.3 Å². The molecule has 1 heterocycles. The van der Waals surface area contributed by atoms with Crippen LogP contribution in [0, 0.1) is 0 Å². The molecule has 1 aromatic heterocycles. The average Bonchev–Trinajstić information content (AvgIpc) is 2.84. The lowest BCUT2D eigenvalue weighted by atomic mass is 10.00. The Morgan fingerprint density at radius 3 is 2.82 bits per heavy atom. The van der Waals surface area contributed by atoms with Crippen molar-refractivity contribution in [3.8, 4) is 0 Å². The second-order valence-electron chi connectivity index (χ2n) is 5.02. The van der Waals surface area contributed by atoms with Crippen LogP contribution >= 0.6 is 0 Å². The monoisotopic (exact) mass is 245 g/mol. The van der Waals surface area contributed by atoms with Crippen molar-refractivity contribution in [3.05, 3.63) is 11.7 Å². The van der Waals surface area contributed by atoms with Gasteiger partial charge in [-0.3, -0.25) is 0 Å². The van der Waals surface area contributed by atoms with E-state index in [-0.39, 0.29) is 18.8 Å². The molecule has 0 aromatic carbocycles. The van der Waals surface area contributed by atoms with Crippen molar-refractivity contribution < 1.29 is 13.3 Å². The lowest BCUT2D eigenvalue weighted by Gasteiger charge is -2.16. The minimum absolute atomic E-state index is 0.108. The normalized spacial score (nSPS) is 27.0. The summed E-state index contributed by atoms with van der Waals surface area (Å²) in [7, 11) is 0. The fourth-order valence-corrected chi connectivity index (χ4v) is 1.95. The third-order valence-corrected chi connectivity index (χ3v) is 3.44. The Labute approximate surface area is 98.6 Å². The first-order valence-corrected chi connectivity index (χ1v) is 5.85. The Hall–Kier alpha value is -1.04. The Morgan fingerprint density at radius 1 is 1.59 bits per heavy atom. The number of hydrogen-bond acceptors (Lipinski definition) is 4. The van der Waals surface area contributed by atoms with E-state index in [1.54, 1.807) is 6.92 Å². The zero-order chi connectivity index (χ0) is 12.7. The first-order chi connectivity index (χ1) is 7.84. The van der Waals surface area contributed by atoms with Crippen LogP contribution in [-0.4, -0.2) is 16.1 Å². The molecule has 1 aliphatic rings. The fourth-order valence-electron chi connectivity index (χ4n) is 1.95. The Morgan fingerprint density at radius 2 is 2.29 bits per heavy atom. The molecule has 2 unspecified atom stereocenters. The molecule has 0 bridgehead atoms. The third-order valence-electron chi connectivity index (χ3n) is 3.44. The number of rotatable bonds is 3.